The van der Waals surface area contributed by atoms with E-state index in [9.17, 15) is 9.18 Å². The van der Waals surface area contributed by atoms with Crippen LogP contribution in [-0.4, -0.2) is 11.1 Å². The van der Waals surface area contributed by atoms with Crippen LogP contribution in [0.25, 0.3) is 0 Å². The highest BCUT2D eigenvalue weighted by Gasteiger charge is 2.27. The Labute approximate surface area is 95.2 Å². The van der Waals surface area contributed by atoms with E-state index in [0.717, 1.165) is 12.0 Å². The summed E-state index contributed by atoms with van der Waals surface area (Å²) in [6.45, 7) is 0. The molecule has 1 atom stereocenters. The Bertz CT molecular complexity index is 417. The molecule has 2 nitrogen and oxygen atoms in total. The Morgan fingerprint density at radius 3 is 3.00 bits per heavy atom. The van der Waals surface area contributed by atoms with E-state index in [1.807, 2.05) is 6.07 Å². The number of carboxylic acid groups (broad SMARTS) is 1. The normalized spacial score (nSPS) is 18.9. The van der Waals surface area contributed by atoms with E-state index < -0.39 is 5.97 Å². The summed E-state index contributed by atoms with van der Waals surface area (Å²) in [4.78, 5) is 10.6. The first-order chi connectivity index (χ1) is 7.08. The minimum atomic E-state index is -0.826. The molecule has 0 saturated carbocycles. The van der Waals surface area contributed by atoms with Crippen LogP contribution in [-0.2, 0) is 11.2 Å². The zero-order valence-electron chi connectivity index (χ0n) is 7.96. The fourth-order valence-corrected chi connectivity index (χ4v) is 2.60. The summed E-state index contributed by atoms with van der Waals surface area (Å²) >= 11 is 3.22. The molecule has 1 aromatic carbocycles. The van der Waals surface area contributed by atoms with Crippen molar-refractivity contribution in [2.24, 2.45) is 0 Å². The number of benzene rings is 1. The van der Waals surface area contributed by atoms with Crippen molar-refractivity contribution in [2.45, 2.75) is 25.2 Å². The van der Waals surface area contributed by atoms with Crippen LogP contribution in [0.15, 0.2) is 16.6 Å². The minimum absolute atomic E-state index is 0.0375. The molecule has 2 rings (SSSR count). The van der Waals surface area contributed by atoms with Crippen molar-refractivity contribution in [3.05, 3.63) is 33.5 Å². The number of carboxylic acids is 1. The van der Waals surface area contributed by atoms with Gasteiger partial charge in [0.05, 0.1) is 6.42 Å². The van der Waals surface area contributed by atoms with Crippen molar-refractivity contribution in [3.63, 3.8) is 0 Å². The van der Waals surface area contributed by atoms with Crippen LogP contribution in [0.5, 0.6) is 0 Å². The first-order valence-electron chi connectivity index (χ1n) is 4.77. The molecule has 0 radical (unpaired) electrons. The highest BCUT2D eigenvalue weighted by molar-refractivity contribution is 9.10. The van der Waals surface area contributed by atoms with Crippen LogP contribution in [0.3, 0.4) is 0 Å². The lowest BCUT2D eigenvalue weighted by atomic mass is 9.98. The van der Waals surface area contributed by atoms with E-state index >= 15 is 0 Å². The van der Waals surface area contributed by atoms with E-state index in [2.05, 4.69) is 15.9 Å². The van der Waals surface area contributed by atoms with Gasteiger partial charge in [0.15, 0.2) is 0 Å². The van der Waals surface area contributed by atoms with Gasteiger partial charge in [0.2, 0.25) is 0 Å². The summed E-state index contributed by atoms with van der Waals surface area (Å²) < 4.78 is 14.2. The van der Waals surface area contributed by atoms with Gasteiger partial charge in [-0.3, -0.25) is 4.79 Å². The number of carbonyl (C=O) groups is 1. The predicted octanol–water partition coefficient (Wildman–Crippen LogP) is 3.09. The van der Waals surface area contributed by atoms with Crippen LogP contribution >= 0.6 is 15.9 Å². The first-order valence-corrected chi connectivity index (χ1v) is 5.57. The lowest BCUT2D eigenvalue weighted by Crippen LogP contribution is -2.03. The van der Waals surface area contributed by atoms with Gasteiger partial charge in [-0.1, -0.05) is 15.9 Å². The van der Waals surface area contributed by atoms with Crippen LogP contribution in [0.2, 0.25) is 0 Å². The molecular formula is C11H10BrFO2. The van der Waals surface area contributed by atoms with E-state index in [0.29, 0.717) is 16.5 Å². The molecule has 0 bridgehead atoms. The standard InChI is InChI=1S/C11H10BrFO2/c12-7-4-9-6(3-11(14)15)1-2-8(9)10(13)5-7/h4-6H,1-3H2,(H,14,15). The summed E-state index contributed by atoms with van der Waals surface area (Å²) in [6.07, 6.45) is 1.46. The molecule has 0 fully saturated rings. The summed E-state index contributed by atoms with van der Waals surface area (Å²) in [5, 5.41) is 8.73. The fraction of sp³-hybridized carbons (Fsp3) is 0.364. The van der Waals surface area contributed by atoms with Crippen molar-refractivity contribution < 1.29 is 14.3 Å². The zero-order chi connectivity index (χ0) is 11.0. The highest BCUT2D eigenvalue weighted by atomic mass is 79.9. The molecule has 1 N–H and O–H groups in total. The third-order valence-corrected chi connectivity index (χ3v) is 3.26. The van der Waals surface area contributed by atoms with Gasteiger partial charge < -0.3 is 5.11 Å². The molecule has 1 aromatic rings. The fourth-order valence-electron chi connectivity index (χ4n) is 2.15. The van der Waals surface area contributed by atoms with Gasteiger partial charge in [0.25, 0.3) is 0 Å². The highest BCUT2D eigenvalue weighted by Crippen LogP contribution is 2.38. The summed E-state index contributed by atoms with van der Waals surface area (Å²) in [5.74, 6) is -1.09. The number of aliphatic carboxylic acids is 1. The van der Waals surface area contributed by atoms with E-state index in [4.69, 9.17) is 5.11 Å². The van der Waals surface area contributed by atoms with Gasteiger partial charge in [-0.05, 0) is 42.0 Å². The van der Waals surface area contributed by atoms with Crippen LogP contribution < -0.4 is 0 Å². The van der Waals surface area contributed by atoms with E-state index in [-0.39, 0.29) is 18.2 Å². The molecule has 80 valence electrons. The van der Waals surface area contributed by atoms with E-state index in [1.165, 1.54) is 6.07 Å². The molecular weight excluding hydrogens is 263 g/mol. The Morgan fingerprint density at radius 2 is 2.33 bits per heavy atom. The smallest absolute Gasteiger partial charge is 0.303 e. The second-order valence-corrected chi connectivity index (χ2v) is 4.70. The molecule has 0 spiro atoms. The molecule has 0 saturated heterocycles. The van der Waals surface area contributed by atoms with Crippen molar-refractivity contribution in [1.29, 1.82) is 0 Å². The van der Waals surface area contributed by atoms with Crippen molar-refractivity contribution in [1.82, 2.24) is 0 Å². The van der Waals surface area contributed by atoms with Crippen LogP contribution in [0, 0.1) is 5.82 Å². The number of fused-ring (bicyclic) bond motifs is 1. The average Bonchev–Trinajstić information content (AvgIpc) is 2.48. The number of rotatable bonds is 2. The van der Waals surface area contributed by atoms with Gasteiger partial charge in [0.1, 0.15) is 5.82 Å². The molecule has 0 amide bonds. The molecule has 1 unspecified atom stereocenters. The van der Waals surface area contributed by atoms with Crippen molar-refractivity contribution in [3.8, 4) is 0 Å². The Kier molecular flexibility index (Phi) is 2.78. The average molecular weight is 273 g/mol. The largest absolute Gasteiger partial charge is 0.481 e. The number of halogens is 2. The monoisotopic (exact) mass is 272 g/mol. The maximum atomic E-state index is 13.5. The quantitative estimate of drug-likeness (QED) is 0.899. The topological polar surface area (TPSA) is 37.3 Å². The second kappa shape index (κ2) is 3.93. The maximum Gasteiger partial charge on any atom is 0.303 e. The SMILES string of the molecule is O=C(O)CC1CCc2c(F)cc(Br)cc21. The van der Waals surface area contributed by atoms with Crippen LogP contribution in [0.1, 0.15) is 29.9 Å². The Hall–Kier alpha value is -0.900. The van der Waals surface area contributed by atoms with Crippen molar-refractivity contribution >= 4 is 21.9 Å². The molecule has 0 heterocycles. The lowest BCUT2D eigenvalue weighted by Gasteiger charge is -2.09. The maximum absolute atomic E-state index is 13.5. The van der Waals surface area contributed by atoms with Gasteiger partial charge in [-0.25, -0.2) is 4.39 Å². The number of hydrogen-bond acceptors (Lipinski definition) is 1. The van der Waals surface area contributed by atoms with E-state index in [1.54, 1.807) is 0 Å². The first kappa shape index (κ1) is 10.6. The van der Waals surface area contributed by atoms with Crippen molar-refractivity contribution in [2.75, 3.05) is 0 Å². The molecule has 15 heavy (non-hydrogen) atoms. The molecule has 1 aliphatic carbocycles. The minimum Gasteiger partial charge on any atom is -0.481 e. The third kappa shape index (κ3) is 2.04. The summed E-state index contributed by atoms with van der Waals surface area (Å²) in [5.41, 5.74) is 1.54. The molecule has 1 aliphatic rings. The zero-order valence-corrected chi connectivity index (χ0v) is 9.55. The summed E-state index contributed by atoms with van der Waals surface area (Å²) in [7, 11) is 0. The third-order valence-electron chi connectivity index (χ3n) is 2.80. The summed E-state index contributed by atoms with van der Waals surface area (Å²) in [6, 6.07) is 3.26. The Balaban J connectivity index is 2.37. The lowest BCUT2D eigenvalue weighted by molar-refractivity contribution is -0.137. The van der Waals surface area contributed by atoms with Crippen LogP contribution in [0.4, 0.5) is 4.39 Å². The predicted molar refractivity (Wildman–Crippen MR) is 57.4 cm³/mol. The number of hydrogen-bond donors (Lipinski definition) is 1. The second-order valence-electron chi connectivity index (χ2n) is 3.79. The molecule has 4 heteroatoms. The Morgan fingerprint density at radius 1 is 1.60 bits per heavy atom. The van der Waals surface area contributed by atoms with Gasteiger partial charge in [-0.2, -0.15) is 0 Å². The van der Waals surface area contributed by atoms with Gasteiger partial charge in [-0.15, -0.1) is 0 Å². The van der Waals surface area contributed by atoms with Gasteiger partial charge in [0, 0.05) is 4.47 Å². The molecule has 0 aliphatic heterocycles. The molecule has 0 aromatic heterocycles. The van der Waals surface area contributed by atoms with Gasteiger partial charge >= 0.3 is 5.97 Å².